The molecule has 0 aromatic heterocycles. The predicted molar refractivity (Wildman–Crippen MR) is 55.7 cm³/mol. The lowest BCUT2D eigenvalue weighted by Crippen LogP contribution is -2.05. The van der Waals surface area contributed by atoms with Crippen LogP contribution in [0.3, 0.4) is 0 Å². The first-order chi connectivity index (χ1) is 6.19. The van der Waals surface area contributed by atoms with Gasteiger partial charge in [0.15, 0.2) is 0 Å². The van der Waals surface area contributed by atoms with Gasteiger partial charge in [-0.1, -0.05) is 0 Å². The van der Waals surface area contributed by atoms with Crippen molar-refractivity contribution in [2.24, 2.45) is 5.73 Å². The second-order valence-electron chi connectivity index (χ2n) is 2.95. The van der Waals surface area contributed by atoms with Crippen LogP contribution in [0.4, 0.5) is 4.39 Å². The predicted octanol–water partition coefficient (Wildman–Crippen LogP) is 2.36. The van der Waals surface area contributed by atoms with E-state index in [-0.39, 0.29) is 5.82 Å². The summed E-state index contributed by atoms with van der Waals surface area (Å²) in [6, 6.07) is 3.47. The summed E-state index contributed by atoms with van der Waals surface area (Å²) in [4.78, 5) is 1.13. The average Bonchev–Trinajstić information content (AvgIpc) is 2.10. The molecular formula is C10H14FNS. The van der Waals surface area contributed by atoms with Gasteiger partial charge in [0, 0.05) is 4.90 Å². The van der Waals surface area contributed by atoms with Crippen LogP contribution in [0.25, 0.3) is 0 Å². The molecular weight excluding hydrogens is 185 g/mol. The molecule has 1 aromatic rings. The zero-order valence-corrected chi connectivity index (χ0v) is 8.75. The van der Waals surface area contributed by atoms with E-state index >= 15 is 0 Å². The second kappa shape index (κ2) is 4.63. The number of aryl methyl sites for hydroxylation is 1. The summed E-state index contributed by atoms with van der Waals surface area (Å²) in [6.07, 6.45) is 2.60. The van der Waals surface area contributed by atoms with Crippen molar-refractivity contribution < 1.29 is 4.39 Å². The van der Waals surface area contributed by atoms with Crippen molar-refractivity contribution in [2.75, 3.05) is 12.8 Å². The van der Waals surface area contributed by atoms with E-state index in [1.807, 2.05) is 19.2 Å². The molecule has 0 unspecified atom stereocenters. The summed E-state index contributed by atoms with van der Waals surface area (Å²) >= 11 is 1.64. The van der Waals surface area contributed by atoms with Crippen LogP contribution < -0.4 is 5.73 Å². The summed E-state index contributed by atoms with van der Waals surface area (Å²) in [5, 5.41) is 0. The molecule has 1 aromatic carbocycles. The first-order valence-corrected chi connectivity index (χ1v) is 5.44. The van der Waals surface area contributed by atoms with Crippen LogP contribution in [0.1, 0.15) is 11.1 Å². The Balaban J connectivity index is 3.06. The lowest BCUT2D eigenvalue weighted by Gasteiger charge is -2.07. The maximum atomic E-state index is 13.3. The van der Waals surface area contributed by atoms with Gasteiger partial charge in [-0.3, -0.25) is 0 Å². The Morgan fingerprint density at radius 2 is 2.15 bits per heavy atom. The van der Waals surface area contributed by atoms with E-state index in [0.29, 0.717) is 13.0 Å². The molecule has 0 aliphatic heterocycles. The third kappa shape index (κ3) is 2.45. The Kier molecular flexibility index (Phi) is 3.75. The van der Waals surface area contributed by atoms with E-state index in [1.54, 1.807) is 17.8 Å². The van der Waals surface area contributed by atoms with Crippen molar-refractivity contribution >= 4 is 11.8 Å². The summed E-state index contributed by atoms with van der Waals surface area (Å²) in [6.45, 7) is 2.41. The van der Waals surface area contributed by atoms with Gasteiger partial charge in [0.1, 0.15) is 5.82 Å². The lowest BCUT2D eigenvalue weighted by atomic mass is 10.1. The van der Waals surface area contributed by atoms with Crippen molar-refractivity contribution in [1.29, 1.82) is 0 Å². The molecule has 0 amide bonds. The number of nitrogens with two attached hydrogens (primary N) is 1. The number of hydrogen-bond acceptors (Lipinski definition) is 2. The Morgan fingerprint density at radius 3 is 2.69 bits per heavy atom. The first kappa shape index (κ1) is 10.5. The molecule has 1 nitrogen and oxygen atoms in total. The van der Waals surface area contributed by atoms with Crippen molar-refractivity contribution in [2.45, 2.75) is 18.2 Å². The SMILES string of the molecule is CSc1cc(CCN)c(F)cc1C. The molecule has 3 heteroatoms. The standard InChI is InChI=1S/C10H14FNS/c1-7-5-9(11)8(3-4-12)6-10(7)13-2/h5-6H,3-4,12H2,1-2H3. The smallest absolute Gasteiger partial charge is 0.126 e. The van der Waals surface area contributed by atoms with Gasteiger partial charge in [0.05, 0.1) is 0 Å². The minimum atomic E-state index is -0.138. The van der Waals surface area contributed by atoms with Crippen molar-refractivity contribution in [3.8, 4) is 0 Å². The molecule has 0 atom stereocenters. The molecule has 72 valence electrons. The molecule has 0 saturated carbocycles. The fourth-order valence-electron chi connectivity index (χ4n) is 1.26. The summed E-state index contributed by atoms with van der Waals surface area (Å²) in [7, 11) is 0. The Morgan fingerprint density at radius 1 is 1.46 bits per heavy atom. The molecule has 1 rings (SSSR count). The Bertz CT molecular complexity index is 299. The maximum Gasteiger partial charge on any atom is 0.126 e. The van der Waals surface area contributed by atoms with Crippen LogP contribution >= 0.6 is 11.8 Å². The molecule has 0 fully saturated rings. The number of hydrogen-bond donors (Lipinski definition) is 1. The summed E-state index contributed by atoms with van der Waals surface area (Å²) in [5.74, 6) is -0.138. The molecule has 0 saturated heterocycles. The molecule has 0 aliphatic rings. The van der Waals surface area contributed by atoms with Gasteiger partial charge in [0.25, 0.3) is 0 Å². The minimum Gasteiger partial charge on any atom is -0.330 e. The van der Waals surface area contributed by atoms with Crippen molar-refractivity contribution in [3.05, 3.63) is 29.1 Å². The van der Waals surface area contributed by atoms with Gasteiger partial charge in [-0.05, 0) is 49.4 Å². The van der Waals surface area contributed by atoms with Gasteiger partial charge in [0.2, 0.25) is 0 Å². The first-order valence-electron chi connectivity index (χ1n) is 4.22. The van der Waals surface area contributed by atoms with E-state index in [1.165, 1.54) is 0 Å². The molecule has 0 aliphatic carbocycles. The van der Waals surface area contributed by atoms with E-state index in [9.17, 15) is 4.39 Å². The number of halogens is 1. The van der Waals surface area contributed by atoms with Gasteiger partial charge in [-0.15, -0.1) is 11.8 Å². The maximum absolute atomic E-state index is 13.3. The number of thioether (sulfide) groups is 1. The highest BCUT2D eigenvalue weighted by molar-refractivity contribution is 7.98. The van der Waals surface area contributed by atoms with E-state index in [4.69, 9.17) is 5.73 Å². The van der Waals surface area contributed by atoms with Gasteiger partial charge in [-0.2, -0.15) is 0 Å². The zero-order valence-electron chi connectivity index (χ0n) is 7.93. The third-order valence-electron chi connectivity index (χ3n) is 1.98. The van der Waals surface area contributed by atoms with E-state index < -0.39 is 0 Å². The summed E-state index contributed by atoms with van der Waals surface area (Å²) < 4.78 is 13.3. The Hall–Kier alpha value is -0.540. The van der Waals surface area contributed by atoms with Gasteiger partial charge < -0.3 is 5.73 Å². The van der Waals surface area contributed by atoms with Crippen LogP contribution in [0, 0.1) is 12.7 Å². The van der Waals surface area contributed by atoms with Crippen LogP contribution in [-0.2, 0) is 6.42 Å². The topological polar surface area (TPSA) is 26.0 Å². The van der Waals surface area contributed by atoms with Gasteiger partial charge >= 0.3 is 0 Å². The van der Waals surface area contributed by atoms with Crippen LogP contribution in [0.15, 0.2) is 17.0 Å². The average molecular weight is 199 g/mol. The third-order valence-corrected chi connectivity index (χ3v) is 2.86. The Labute approximate surface area is 82.5 Å². The highest BCUT2D eigenvalue weighted by Gasteiger charge is 2.05. The molecule has 0 radical (unpaired) electrons. The normalized spacial score (nSPS) is 10.5. The van der Waals surface area contributed by atoms with E-state index in [0.717, 1.165) is 16.0 Å². The van der Waals surface area contributed by atoms with Crippen LogP contribution in [0.2, 0.25) is 0 Å². The number of benzene rings is 1. The fourth-order valence-corrected chi connectivity index (χ4v) is 1.90. The molecule has 0 spiro atoms. The highest BCUT2D eigenvalue weighted by atomic mass is 32.2. The molecule has 2 N–H and O–H groups in total. The van der Waals surface area contributed by atoms with Crippen LogP contribution in [-0.4, -0.2) is 12.8 Å². The zero-order chi connectivity index (χ0) is 9.84. The quantitative estimate of drug-likeness (QED) is 0.756. The van der Waals surface area contributed by atoms with Crippen LogP contribution in [0.5, 0.6) is 0 Å². The lowest BCUT2D eigenvalue weighted by molar-refractivity contribution is 0.606. The monoisotopic (exact) mass is 199 g/mol. The molecule has 13 heavy (non-hydrogen) atoms. The number of rotatable bonds is 3. The van der Waals surface area contributed by atoms with E-state index in [2.05, 4.69) is 0 Å². The molecule has 0 bridgehead atoms. The highest BCUT2D eigenvalue weighted by Crippen LogP contribution is 2.23. The second-order valence-corrected chi connectivity index (χ2v) is 3.80. The fraction of sp³-hybridized carbons (Fsp3) is 0.400. The summed E-state index contributed by atoms with van der Waals surface area (Å²) in [5.41, 5.74) is 7.10. The molecule has 0 heterocycles. The van der Waals surface area contributed by atoms with Crippen molar-refractivity contribution in [3.63, 3.8) is 0 Å². The van der Waals surface area contributed by atoms with Crippen molar-refractivity contribution in [1.82, 2.24) is 0 Å². The minimum absolute atomic E-state index is 0.138. The largest absolute Gasteiger partial charge is 0.330 e. The van der Waals surface area contributed by atoms with Gasteiger partial charge in [-0.25, -0.2) is 4.39 Å².